The average molecular weight is 419 g/mol. The number of aromatic nitrogens is 2. The van der Waals surface area contributed by atoms with E-state index in [2.05, 4.69) is 19.4 Å². The number of methoxy groups -OCH3 is 1. The summed E-state index contributed by atoms with van der Waals surface area (Å²) in [4.78, 5) is 4.68. The summed E-state index contributed by atoms with van der Waals surface area (Å²) in [6.07, 6.45) is 1.32. The Labute approximate surface area is 169 Å². The van der Waals surface area contributed by atoms with Gasteiger partial charge in [0.15, 0.2) is 0 Å². The second kappa shape index (κ2) is 9.63. The summed E-state index contributed by atoms with van der Waals surface area (Å²) in [6, 6.07) is 16.3. The van der Waals surface area contributed by atoms with Gasteiger partial charge in [-0.05, 0) is 36.2 Å². The van der Waals surface area contributed by atoms with E-state index in [4.69, 9.17) is 4.74 Å². The highest BCUT2D eigenvalue weighted by Gasteiger charge is 2.13. The second-order valence-corrected chi connectivity index (χ2v) is 8.55. The smallest absolute Gasteiger partial charge is 0.240 e. The zero-order valence-corrected chi connectivity index (χ0v) is 17.1. The second-order valence-electron chi connectivity index (χ2n) is 6.03. The highest BCUT2D eigenvalue weighted by atomic mass is 32.2. The van der Waals surface area contributed by atoms with Gasteiger partial charge < -0.3 is 10.1 Å². The van der Waals surface area contributed by atoms with Crippen molar-refractivity contribution in [1.82, 2.24) is 14.1 Å². The molecule has 0 fully saturated rings. The molecule has 0 aliphatic heterocycles. The molecule has 0 amide bonds. The van der Waals surface area contributed by atoms with Gasteiger partial charge in [-0.15, -0.1) is 0 Å². The van der Waals surface area contributed by atoms with Crippen molar-refractivity contribution in [2.75, 3.05) is 25.5 Å². The first-order valence-corrected chi connectivity index (χ1v) is 11.1. The van der Waals surface area contributed by atoms with Gasteiger partial charge in [-0.1, -0.05) is 30.3 Å². The zero-order chi connectivity index (χ0) is 19.8. The summed E-state index contributed by atoms with van der Waals surface area (Å²) in [5, 5.41) is 3.93. The first-order chi connectivity index (χ1) is 13.6. The van der Waals surface area contributed by atoms with Crippen LogP contribution < -0.4 is 14.8 Å². The molecule has 1 aromatic heterocycles. The summed E-state index contributed by atoms with van der Waals surface area (Å²) in [5.41, 5.74) is 1.17. The molecule has 0 aliphatic carbocycles. The molecule has 0 aliphatic rings. The fraction of sp³-hybridized carbons (Fsp3) is 0.263. The largest absolute Gasteiger partial charge is 0.497 e. The normalized spacial score (nSPS) is 11.3. The van der Waals surface area contributed by atoms with E-state index in [1.54, 1.807) is 12.1 Å². The number of benzene rings is 2. The quantitative estimate of drug-likeness (QED) is 0.492. The van der Waals surface area contributed by atoms with E-state index in [-0.39, 0.29) is 4.90 Å². The summed E-state index contributed by atoms with van der Waals surface area (Å²) < 4.78 is 36.5. The number of hydrogen-bond acceptors (Lipinski definition) is 7. The molecule has 0 radical (unpaired) electrons. The third-order valence-electron chi connectivity index (χ3n) is 3.96. The van der Waals surface area contributed by atoms with Crippen molar-refractivity contribution in [2.24, 2.45) is 0 Å². The molecule has 0 saturated carbocycles. The number of hydrogen-bond donors (Lipinski definition) is 2. The van der Waals surface area contributed by atoms with Crippen molar-refractivity contribution in [2.45, 2.75) is 17.7 Å². The lowest BCUT2D eigenvalue weighted by molar-refractivity contribution is 0.414. The predicted octanol–water partition coefficient (Wildman–Crippen LogP) is 2.92. The Balaban J connectivity index is 1.41. The molecule has 0 saturated heterocycles. The van der Waals surface area contributed by atoms with Gasteiger partial charge in [0.05, 0.1) is 12.0 Å². The third kappa shape index (κ3) is 5.75. The van der Waals surface area contributed by atoms with Gasteiger partial charge in [0.1, 0.15) is 11.6 Å². The molecule has 9 heteroatoms. The summed E-state index contributed by atoms with van der Waals surface area (Å²) in [6.45, 7) is 0.933. The van der Waals surface area contributed by atoms with Gasteiger partial charge in [0.25, 0.3) is 0 Å². The molecule has 7 nitrogen and oxygen atoms in total. The molecule has 2 N–H and O–H groups in total. The molecule has 0 atom stereocenters. The van der Waals surface area contributed by atoms with E-state index in [1.807, 2.05) is 30.3 Å². The van der Waals surface area contributed by atoms with E-state index < -0.39 is 10.0 Å². The Morgan fingerprint density at radius 1 is 1.04 bits per heavy atom. The van der Waals surface area contributed by atoms with Crippen molar-refractivity contribution >= 4 is 26.7 Å². The number of ether oxygens (including phenoxy) is 1. The summed E-state index contributed by atoms with van der Waals surface area (Å²) >= 11 is 1.31. The Kier molecular flexibility index (Phi) is 6.96. The Bertz CT molecular complexity index is 974. The number of nitrogens with one attached hydrogen (secondary N) is 2. The molecular weight excluding hydrogens is 396 g/mol. The Hall–Kier alpha value is -2.49. The molecular formula is C19H22N4O3S2. The van der Waals surface area contributed by atoms with E-state index in [0.29, 0.717) is 31.7 Å². The van der Waals surface area contributed by atoms with Crippen LogP contribution in [0.3, 0.4) is 0 Å². The number of sulfonamides is 1. The van der Waals surface area contributed by atoms with Crippen LogP contribution in [0.1, 0.15) is 17.8 Å². The van der Waals surface area contributed by atoms with Crippen LogP contribution in [0.5, 0.6) is 5.75 Å². The topological polar surface area (TPSA) is 93.2 Å². The van der Waals surface area contributed by atoms with Crippen molar-refractivity contribution in [3.8, 4) is 5.75 Å². The molecule has 3 aromatic rings. The van der Waals surface area contributed by atoms with Gasteiger partial charge in [0.2, 0.25) is 15.2 Å². The predicted molar refractivity (Wildman–Crippen MR) is 110 cm³/mol. The maximum Gasteiger partial charge on any atom is 0.240 e. The number of anilines is 1. The Morgan fingerprint density at radius 3 is 2.50 bits per heavy atom. The number of nitrogens with zero attached hydrogens (tertiary/aromatic N) is 2. The van der Waals surface area contributed by atoms with Crippen LogP contribution in [0.15, 0.2) is 59.5 Å². The lowest BCUT2D eigenvalue weighted by Gasteiger charge is -2.07. The minimum absolute atomic E-state index is 0.218. The highest BCUT2D eigenvalue weighted by Crippen LogP contribution is 2.16. The SMILES string of the molecule is COc1ccc(S(=O)(=O)NCCCNc2nc(Cc3ccccc3)ns2)cc1. The lowest BCUT2D eigenvalue weighted by atomic mass is 10.1. The molecule has 0 unspecified atom stereocenters. The van der Waals surface area contributed by atoms with Crippen LogP contribution in [-0.2, 0) is 16.4 Å². The van der Waals surface area contributed by atoms with Crippen molar-refractivity contribution in [3.05, 3.63) is 66.0 Å². The van der Waals surface area contributed by atoms with E-state index in [1.165, 1.54) is 36.3 Å². The summed E-state index contributed by atoms with van der Waals surface area (Å²) in [5.74, 6) is 1.39. The molecule has 0 spiro atoms. The van der Waals surface area contributed by atoms with Crippen molar-refractivity contribution in [1.29, 1.82) is 0 Å². The average Bonchev–Trinajstić information content (AvgIpc) is 3.15. The monoisotopic (exact) mass is 418 g/mol. The van der Waals surface area contributed by atoms with Gasteiger partial charge in [0, 0.05) is 31.0 Å². The fourth-order valence-electron chi connectivity index (χ4n) is 2.50. The van der Waals surface area contributed by atoms with Crippen molar-refractivity contribution < 1.29 is 13.2 Å². The fourth-order valence-corrected chi connectivity index (χ4v) is 4.19. The van der Waals surface area contributed by atoms with Gasteiger partial charge in [-0.25, -0.2) is 18.1 Å². The van der Waals surface area contributed by atoms with Crippen LogP contribution in [0, 0.1) is 0 Å². The van der Waals surface area contributed by atoms with Gasteiger partial charge >= 0.3 is 0 Å². The molecule has 28 heavy (non-hydrogen) atoms. The molecule has 148 valence electrons. The lowest BCUT2D eigenvalue weighted by Crippen LogP contribution is -2.26. The minimum atomic E-state index is -3.52. The molecule has 3 rings (SSSR count). The van der Waals surface area contributed by atoms with Gasteiger partial charge in [-0.2, -0.15) is 4.37 Å². The first kappa shape index (κ1) is 20.2. The van der Waals surface area contributed by atoms with Crippen molar-refractivity contribution in [3.63, 3.8) is 0 Å². The minimum Gasteiger partial charge on any atom is -0.497 e. The third-order valence-corrected chi connectivity index (χ3v) is 6.15. The molecule has 0 bridgehead atoms. The standard InChI is InChI=1S/C19H22N4O3S2/c1-26-16-8-10-17(11-9-16)28(24,25)21-13-5-12-20-19-22-18(23-27-19)14-15-6-3-2-4-7-15/h2-4,6-11,21H,5,12-14H2,1H3,(H,20,22,23). The van der Waals surface area contributed by atoms with Crippen LogP contribution in [0.2, 0.25) is 0 Å². The zero-order valence-electron chi connectivity index (χ0n) is 15.5. The summed E-state index contributed by atoms with van der Waals surface area (Å²) in [7, 11) is -1.98. The highest BCUT2D eigenvalue weighted by molar-refractivity contribution is 7.89. The maximum atomic E-state index is 12.2. The first-order valence-electron chi connectivity index (χ1n) is 8.81. The molecule has 2 aromatic carbocycles. The van der Waals surface area contributed by atoms with E-state index in [0.717, 1.165) is 11.0 Å². The van der Waals surface area contributed by atoms with E-state index >= 15 is 0 Å². The number of rotatable bonds is 10. The Morgan fingerprint density at radius 2 is 1.79 bits per heavy atom. The van der Waals surface area contributed by atoms with Gasteiger partial charge in [-0.3, -0.25) is 0 Å². The van der Waals surface area contributed by atoms with Crippen LogP contribution in [0.25, 0.3) is 0 Å². The van der Waals surface area contributed by atoms with E-state index in [9.17, 15) is 8.42 Å². The van der Waals surface area contributed by atoms with Crippen LogP contribution in [-0.4, -0.2) is 38.0 Å². The van der Waals surface area contributed by atoms with Crippen LogP contribution >= 0.6 is 11.5 Å². The maximum absolute atomic E-state index is 12.2. The molecule has 1 heterocycles. The van der Waals surface area contributed by atoms with Crippen LogP contribution in [0.4, 0.5) is 5.13 Å².